The fourth-order valence-electron chi connectivity index (χ4n) is 3.14. The quantitative estimate of drug-likeness (QED) is 0.742. The number of fused-ring (bicyclic) bond motifs is 1. The van der Waals surface area contributed by atoms with Gasteiger partial charge in [0.05, 0.1) is 12.6 Å². The molecular weight excluding hydrogens is 328 g/mol. The summed E-state index contributed by atoms with van der Waals surface area (Å²) in [4.78, 5) is 18.2. The van der Waals surface area contributed by atoms with E-state index >= 15 is 0 Å². The van der Waals surface area contributed by atoms with E-state index in [1.807, 2.05) is 48.5 Å². The zero-order valence-electron chi connectivity index (χ0n) is 14.5. The van der Waals surface area contributed by atoms with Gasteiger partial charge in [0.25, 0.3) is 0 Å². The molecule has 1 fully saturated rings. The number of urea groups is 1. The number of anilines is 2. The summed E-state index contributed by atoms with van der Waals surface area (Å²) in [6, 6.07) is 17.9. The maximum absolute atomic E-state index is 11.8. The maximum atomic E-state index is 11.8. The number of pyridine rings is 1. The minimum absolute atomic E-state index is 0.0532. The van der Waals surface area contributed by atoms with E-state index in [4.69, 9.17) is 4.74 Å². The highest BCUT2D eigenvalue weighted by Gasteiger charge is 2.21. The second-order valence-electron chi connectivity index (χ2n) is 6.14. The molecule has 1 aromatic heterocycles. The third-order valence-corrected chi connectivity index (χ3v) is 4.45. The zero-order chi connectivity index (χ0) is 17.9. The van der Waals surface area contributed by atoms with Crippen molar-refractivity contribution in [3.63, 3.8) is 0 Å². The average molecular weight is 348 g/mol. The van der Waals surface area contributed by atoms with E-state index in [2.05, 4.69) is 21.7 Å². The lowest BCUT2D eigenvalue weighted by molar-refractivity contribution is 0.252. The smallest absolute Gasteiger partial charge is 0.321 e. The van der Waals surface area contributed by atoms with E-state index < -0.39 is 0 Å². The third-order valence-electron chi connectivity index (χ3n) is 4.45. The number of nitrogens with one attached hydrogen (secondary N) is 2. The molecule has 1 saturated heterocycles. The molecule has 0 unspecified atom stereocenters. The van der Waals surface area contributed by atoms with Gasteiger partial charge < -0.3 is 15.4 Å². The number of carbonyl (C=O) groups is 1. The number of hydrogen-bond acceptors (Lipinski definition) is 4. The number of carbonyl (C=O) groups excluding carboxylic acids is 1. The van der Waals surface area contributed by atoms with Crippen molar-refractivity contribution in [1.82, 2.24) is 10.3 Å². The number of ether oxygens (including phenoxy) is 1. The van der Waals surface area contributed by atoms with Gasteiger partial charge in [0, 0.05) is 42.0 Å². The highest BCUT2D eigenvalue weighted by atomic mass is 16.5. The average Bonchev–Trinajstić information content (AvgIpc) is 3.11. The van der Waals surface area contributed by atoms with E-state index in [0.717, 1.165) is 27.8 Å². The van der Waals surface area contributed by atoms with Crippen LogP contribution in [-0.4, -0.2) is 31.2 Å². The van der Waals surface area contributed by atoms with Crippen LogP contribution in [-0.2, 0) is 6.54 Å². The Morgan fingerprint density at radius 3 is 2.88 bits per heavy atom. The second kappa shape index (κ2) is 6.92. The summed E-state index contributed by atoms with van der Waals surface area (Å²) >= 11 is 0. The Kier molecular flexibility index (Phi) is 4.31. The first kappa shape index (κ1) is 16.2. The van der Waals surface area contributed by atoms with Gasteiger partial charge in [0.15, 0.2) is 0 Å². The number of amides is 2. The van der Waals surface area contributed by atoms with E-state index in [-0.39, 0.29) is 6.03 Å². The van der Waals surface area contributed by atoms with Gasteiger partial charge in [-0.05, 0) is 30.3 Å². The molecule has 0 bridgehead atoms. The molecule has 0 atom stereocenters. The van der Waals surface area contributed by atoms with Gasteiger partial charge in [-0.1, -0.05) is 24.3 Å². The van der Waals surface area contributed by atoms with Crippen molar-refractivity contribution < 1.29 is 9.53 Å². The van der Waals surface area contributed by atoms with Crippen molar-refractivity contribution in [1.29, 1.82) is 0 Å². The molecule has 26 heavy (non-hydrogen) atoms. The Bertz CT molecular complexity index is 957. The van der Waals surface area contributed by atoms with Crippen LogP contribution in [0.25, 0.3) is 10.9 Å². The molecule has 0 radical (unpaired) electrons. The molecule has 0 spiro atoms. The van der Waals surface area contributed by atoms with Crippen LogP contribution in [0.3, 0.4) is 0 Å². The van der Waals surface area contributed by atoms with Gasteiger partial charge in [0.2, 0.25) is 5.88 Å². The Morgan fingerprint density at radius 1 is 1.19 bits per heavy atom. The zero-order valence-corrected chi connectivity index (χ0v) is 14.5. The van der Waals surface area contributed by atoms with Gasteiger partial charge >= 0.3 is 6.03 Å². The molecule has 6 nitrogen and oxygen atoms in total. The summed E-state index contributed by atoms with van der Waals surface area (Å²) in [6.45, 7) is 1.94. The molecule has 3 aromatic rings. The summed E-state index contributed by atoms with van der Waals surface area (Å²) < 4.78 is 5.45. The largest absolute Gasteiger partial charge is 0.481 e. The molecule has 4 rings (SSSR count). The van der Waals surface area contributed by atoms with Gasteiger partial charge in [-0.3, -0.25) is 4.90 Å². The van der Waals surface area contributed by atoms with Crippen molar-refractivity contribution in [3.8, 4) is 5.88 Å². The van der Waals surface area contributed by atoms with Crippen LogP contribution >= 0.6 is 0 Å². The minimum Gasteiger partial charge on any atom is -0.481 e. The van der Waals surface area contributed by atoms with E-state index in [0.29, 0.717) is 25.5 Å². The molecule has 2 heterocycles. The normalized spacial score (nSPS) is 13.7. The van der Waals surface area contributed by atoms with Crippen molar-refractivity contribution >= 4 is 28.3 Å². The first-order valence-corrected chi connectivity index (χ1v) is 8.56. The number of para-hydroxylation sites is 1. The lowest BCUT2D eigenvalue weighted by Gasteiger charge is -2.16. The Balaban J connectivity index is 1.55. The van der Waals surface area contributed by atoms with Crippen molar-refractivity contribution in [3.05, 3.63) is 60.2 Å². The molecular formula is C20H20N4O2. The molecule has 0 aliphatic carbocycles. The van der Waals surface area contributed by atoms with Crippen LogP contribution in [0, 0.1) is 0 Å². The van der Waals surface area contributed by atoms with Crippen molar-refractivity contribution in [2.24, 2.45) is 0 Å². The predicted octanol–water partition coefficient (Wildman–Crippen LogP) is 3.39. The first-order chi connectivity index (χ1) is 12.7. The van der Waals surface area contributed by atoms with Gasteiger partial charge in [-0.15, -0.1) is 0 Å². The molecule has 2 amide bonds. The minimum atomic E-state index is -0.0532. The summed E-state index contributed by atoms with van der Waals surface area (Å²) in [6.07, 6.45) is 0. The van der Waals surface area contributed by atoms with Gasteiger partial charge in [-0.2, -0.15) is 0 Å². The summed E-state index contributed by atoms with van der Waals surface area (Å²) in [5.41, 5.74) is 3.72. The van der Waals surface area contributed by atoms with Crippen molar-refractivity contribution in [2.45, 2.75) is 6.54 Å². The van der Waals surface area contributed by atoms with Crippen LogP contribution in [0.1, 0.15) is 5.56 Å². The molecule has 1 aliphatic rings. The highest BCUT2D eigenvalue weighted by molar-refractivity contribution is 5.94. The Hall–Kier alpha value is -3.28. The third kappa shape index (κ3) is 3.13. The van der Waals surface area contributed by atoms with Gasteiger partial charge in [-0.25, -0.2) is 9.78 Å². The number of benzene rings is 2. The molecule has 2 N–H and O–H groups in total. The number of methoxy groups -OCH3 is 1. The van der Waals surface area contributed by atoms with Crippen molar-refractivity contribution in [2.75, 3.05) is 30.4 Å². The Labute approximate surface area is 151 Å². The Morgan fingerprint density at radius 2 is 2.08 bits per heavy atom. The summed E-state index contributed by atoms with van der Waals surface area (Å²) in [5.74, 6) is 0.617. The number of nitrogens with zero attached hydrogens (tertiary/aromatic N) is 2. The van der Waals surface area contributed by atoms with Gasteiger partial charge in [0.1, 0.15) is 0 Å². The van der Waals surface area contributed by atoms with E-state index in [1.54, 1.807) is 12.0 Å². The monoisotopic (exact) mass is 348 g/mol. The van der Waals surface area contributed by atoms with Crippen LogP contribution in [0.2, 0.25) is 0 Å². The van der Waals surface area contributed by atoms with Crippen LogP contribution < -0.4 is 20.3 Å². The lowest BCUT2D eigenvalue weighted by atomic mass is 10.1. The van der Waals surface area contributed by atoms with E-state index in [1.165, 1.54) is 0 Å². The number of aromatic nitrogens is 1. The number of hydrogen-bond donors (Lipinski definition) is 2. The van der Waals surface area contributed by atoms with E-state index in [9.17, 15) is 4.79 Å². The summed E-state index contributed by atoms with van der Waals surface area (Å²) in [5, 5.41) is 7.30. The lowest BCUT2D eigenvalue weighted by Crippen LogP contribution is -2.27. The maximum Gasteiger partial charge on any atom is 0.321 e. The topological polar surface area (TPSA) is 66.5 Å². The fourth-order valence-corrected chi connectivity index (χ4v) is 3.14. The molecule has 1 aliphatic heterocycles. The number of rotatable bonds is 5. The molecule has 2 aromatic carbocycles. The molecule has 0 saturated carbocycles. The molecule has 6 heteroatoms. The fraction of sp³-hybridized carbons (Fsp3) is 0.200. The SMILES string of the molecule is COc1nc2ccccc2cc1CNc1cccc(N2CCNC2=O)c1. The first-order valence-electron chi connectivity index (χ1n) is 8.56. The predicted molar refractivity (Wildman–Crippen MR) is 103 cm³/mol. The highest BCUT2D eigenvalue weighted by Crippen LogP contribution is 2.25. The van der Waals surface area contributed by atoms with Crippen LogP contribution in [0.15, 0.2) is 54.6 Å². The standard InChI is InChI=1S/C20H20N4O2/c1-26-19-15(11-14-5-2-3-8-18(14)23-19)13-22-16-6-4-7-17(12-16)24-10-9-21-20(24)25/h2-8,11-12,22H,9-10,13H2,1H3,(H,21,25). The van der Waals surface area contributed by atoms with Crippen LogP contribution in [0.5, 0.6) is 5.88 Å². The van der Waals surface area contributed by atoms with Crippen LogP contribution in [0.4, 0.5) is 16.2 Å². The molecule has 132 valence electrons. The summed E-state index contributed by atoms with van der Waals surface area (Å²) in [7, 11) is 1.63. The second-order valence-corrected chi connectivity index (χ2v) is 6.14.